The van der Waals surface area contributed by atoms with Gasteiger partial charge >= 0.3 is 0 Å². The highest BCUT2D eigenvalue weighted by Crippen LogP contribution is 2.27. The molecule has 6 nitrogen and oxygen atoms in total. The minimum absolute atomic E-state index is 0.0163. The molecular weight excluding hydrogens is 443 g/mol. The average Bonchev–Trinajstić information content (AvgIpc) is 3.34. The van der Waals surface area contributed by atoms with Gasteiger partial charge in [-0.2, -0.15) is 0 Å². The lowest BCUT2D eigenvalue weighted by Crippen LogP contribution is -2.51. The Kier molecular flexibility index (Phi) is 6.97. The Morgan fingerprint density at radius 1 is 1.06 bits per heavy atom. The Morgan fingerprint density at radius 3 is 2.54 bits per heavy atom. The zero-order valence-electron chi connectivity index (χ0n) is 20.2. The molecule has 3 heterocycles. The number of carbonyl (C=O) groups is 1. The van der Waals surface area contributed by atoms with Crippen LogP contribution in [0.3, 0.4) is 0 Å². The number of aliphatic hydroxyl groups excluding tert-OH is 1. The Labute approximate surface area is 206 Å². The Balaban J connectivity index is 1.26. The summed E-state index contributed by atoms with van der Waals surface area (Å²) in [6, 6.07) is 15.0. The van der Waals surface area contributed by atoms with Crippen LogP contribution >= 0.6 is 0 Å². The van der Waals surface area contributed by atoms with Crippen molar-refractivity contribution in [1.29, 1.82) is 0 Å². The van der Waals surface area contributed by atoms with E-state index in [-0.39, 0.29) is 17.8 Å². The van der Waals surface area contributed by atoms with Crippen LogP contribution < -0.4 is 0 Å². The Morgan fingerprint density at radius 2 is 1.80 bits per heavy atom. The first-order chi connectivity index (χ1) is 17.0. The Hall–Kier alpha value is -3.03. The van der Waals surface area contributed by atoms with Crippen LogP contribution in [-0.2, 0) is 6.54 Å². The SMILES string of the molecule is CC1CN(C2CCN(C(=O)c3cncn3Cc3ccccc3-c3ccc(F)cc3)CC2)CCC1O. The van der Waals surface area contributed by atoms with Crippen LogP contribution in [0.2, 0.25) is 0 Å². The molecule has 2 atom stereocenters. The van der Waals surface area contributed by atoms with Gasteiger partial charge in [-0.05, 0) is 54.0 Å². The molecular formula is C28H33FN4O2. The Bertz CT molecular complexity index is 1150. The molecule has 2 saturated heterocycles. The molecule has 0 bridgehead atoms. The van der Waals surface area contributed by atoms with Crippen molar-refractivity contribution < 1.29 is 14.3 Å². The van der Waals surface area contributed by atoms with Crippen LogP contribution in [0.25, 0.3) is 11.1 Å². The first-order valence-corrected chi connectivity index (χ1v) is 12.5. The largest absolute Gasteiger partial charge is 0.393 e. The van der Waals surface area contributed by atoms with Gasteiger partial charge in [0.05, 0.1) is 18.6 Å². The minimum Gasteiger partial charge on any atom is -0.393 e. The smallest absolute Gasteiger partial charge is 0.272 e. The van der Waals surface area contributed by atoms with E-state index >= 15 is 0 Å². The number of nitrogens with zero attached hydrogens (tertiary/aromatic N) is 4. The molecule has 7 heteroatoms. The molecule has 5 rings (SSSR count). The quantitative estimate of drug-likeness (QED) is 0.604. The van der Waals surface area contributed by atoms with Gasteiger partial charge in [0.2, 0.25) is 0 Å². The number of aliphatic hydroxyl groups is 1. The summed E-state index contributed by atoms with van der Waals surface area (Å²) in [6.45, 7) is 5.96. The zero-order valence-corrected chi connectivity index (χ0v) is 20.2. The summed E-state index contributed by atoms with van der Waals surface area (Å²) in [5.41, 5.74) is 3.59. The predicted octanol–water partition coefficient (Wildman–Crippen LogP) is 4.04. The van der Waals surface area contributed by atoms with E-state index in [0.717, 1.165) is 62.1 Å². The van der Waals surface area contributed by atoms with Crippen molar-refractivity contribution in [3.05, 3.63) is 78.1 Å². The topological polar surface area (TPSA) is 61.6 Å². The third-order valence-electron chi connectivity index (χ3n) is 7.60. The van der Waals surface area contributed by atoms with Crippen molar-refractivity contribution >= 4 is 5.91 Å². The maximum atomic E-state index is 13.4. The molecule has 3 aromatic rings. The second kappa shape index (κ2) is 10.3. The van der Waals surface area contributed by atoms with Crippen LogP contribution in [0.1, 0.15) is 42.2 Å². The van der Waals surface area contributed by atoms with Gasteiger partial charge in [-0.15, -0.1) is 0 Å². The summed E-state index contributed by atoms with van der Waals surface area (Å²) < 4.78 is 15.3. The molecule has 2 aliphatic heterocycles. The third-order valence-corrected chi connectivity index (χ3v) is 7.60. The number of amides is 1. The molecule has 1 aromatic heterocycles. The summed E-state index contributed by atoms with van der Waals surface area (Å²) in [5, 5.41) is 10.0. The lowest BCUT2D eigenvalue weighted by atomic mass is 9.93. The average molecular weight is 477 g/mol. The number of aromatic nitrogens is 2. The van der Waals surface area contributed by atoms with Crippen LogP contribution in [-0.4, -0.2) is 68.7 Å². The first kappa shape index (κ1) is 23.7. The van der Waals surface area contributed by atoms with Crippen LogP contribution in [0.5, 0.6) is 0 Å². The molecule has 0 radical (unpaired) electrons. The third kappa shape index (κ3) is 5.16. The number of benzene rings is 2. The highest BCUT2D eigenvalue weighted by Gasteiger charge is 2.32. The fraction of sp³-hybridized carbons (Fsp3) is 0.429. The molecule has 0 aliphatic carbocycles. The second-order valence-corrected chi connectivity index (χ2v) is 9.92. The molecule has 2 fully saturated rings. The van der Waals surface area contributed by atoms with Gasteiger partial charge < -0.3 is 14.6 Å². The lowest BCUT2D eigenvalue weighted by molar-refractivity contribution is 0.00350. The van der Waals surface area contributed by atoms with E-state index < -0.39 is 0 Å². The number of hydrogen-bond acceptors (Lipinski definition) is 4. The van der Waals surface area contributed by atoms with Crippen LogP contribution in [0.4, 0.5) is 4.39 Å². The number of piperidine rings is 2. The minimum atomic E-state index is -0.259. The normalized spacial score (nSPS) is 21.9. The van der Waals surface area contributed by atoms with Crippen molar-refractivity contribution in [2.24, 2.45) is 5.92 Å². The van der Waals surface area contributed by atoms with Gasteiger partial charge in [0.1, 0.15) is 11.5 Å². The number of rotatable bonds is 5. The van der Waals surface area contributed by atoms with E-state index in [2.05, 4.69) is 16.8 Å². The lowest BCUT2D eigenvalue weighted by Gasteiger charge is -2.43. The molecule has 0 spiro atoms. The number of hydrogen-bond donors (Lipinski definition) is 1. The summed E-state index contributed by atoms with van der Waals surface area (Å²) in [6.07, 6.45) is 5.91. The van der Waals surface area contributed by atoms with E-state index in [4.69, 9.17) is 0 Å². The van der Waals surface area contributed by atoms with Crippen molar-refractivity contribution in [3.8, 4) is 11.1 Å². The van der Waals surface area contributed by atoms with E-state index in [9.17, 15) is 14.3 Å². The molecule has 2 unspecified atom stereocenters. The highest BCUT2D eigenvalue weighted by molar-refractivity contribution is 5.92. The second-order valence-electron chi connectivity index (χ2n) is 9.92. The molecule has 0 saturated carbocycles. The number of imidazole rings is 1. The van der Waals surface area contributed by atoms with Crippen molar-refractivity contribution in [2.45, 2.75) is 44.9 Å². The number of carbonyl (C=O) groups excluding carboxylic acids is 1. The van der Waals surface area contributed by atoms with Crippen molar-refractivity contribution in [1.82, 2.24) is 19.4 Å². The summed E-state index contributed by atoms with van der Waals surface area (Å²) >= 11 is 0. The predicted molar refractivity (Wildman–Crippen MR) is 133 cm³/mol. The summed E-state index contributed by atoms with van der Waals surface area (Å²) in [5.74, 6) is 0.0584. The van der Waals surface area contributed by atoms with E-state index in [0.29, 0.717) is 24.2 Å². The fourth-order valence-electron chi connectivity index (χ4n) is 5.47. The van der Waals surface area contributed by atoms with Gasteiger partial charge in [0, 0.05) is 38.8 Å². The standard InChI is InChI=1S/C28H33FN4O2/c1-20-17-32(15-12-27(20)34)24-10-13-31(14-11-24)28(35)26-16-30-19-33(26)18-22-4-2-3-5-25(22)21-6-8-23(29)9-7-21/h2-9,16,19-20,24,27,34H,10-15,17-18H2,1H3. The first-order valence-electron chi connectivity index (χ1n) is 12.5. The molecule has 1 N–H and O–H groups in total. The van der Waals surface area contributed by atoms with E-state index in [1.54, 1.807) is 24.7 Å². The van der Waals surface area contributed by atoms with Crippen LogP contribution in [0.15, 0.2) is 61.1 Å². The molecule has 1 amide bonds. The van der Waals surface area contributed by atoms with Gasteiger partial charge in [-0.25, -0.2) is 9.37 Å². The highest BCUT2D eigenvalue weighted by atomic mass is 19.1. The number of halogens is 1. The van der Waals surface area contributed by atoms with Gasteiger partial charge in [-0.3, -0.25) is 9.69 Å². The van der Waals surface area contributed by atoms with E-state index in [1.165, 1.54) is 12.1 Å². The summed E-state index contributed by atoms with van der Waals surface area (Å²) in [7, 11) is 0. The van der Waals surface area contributed by atoms with Crippen molar-refractivity contribution in [2.75, 3.05) is 26.2 Å². The maximum Gasteiger partial charge on any atom is 0.272 e. The molecule has 184 valence electrons. The van der Waals surface area contributed by atoms with Crippen molar-refractivity contribution in [3.63, 3.8) is 0 Å². The maximum absolute atomic E-state index is 13.4. The summed E-state index contributed by atoms with van der Waals surface area (Å²) in [4.78, 5) is 22.1. The van der Waals surface area contributed by atoms with E-state index in [1.807, 2.05) is 33.7 Å². The number of likely N-dealkylation sites (tertiary alicyclic amines) is 2. The van der Waals surface area contributed by atoms with Gasteiger partial charge in [0.25, 0.3) is 5.91 Å². The molecule has 2 aromatic carbocycles. The van der Waals surface area contributed by atoms with Crippen LogP contribution in [0, 0.1) is 11.7 Å². The van der Waals surface area contributed by atoms with Gasteiger partial charge in [0.15, 0.2) is 0 Å². The van der Waals surface area contributed by atoms with Gasteiger partial charge in [-0.1, -0.05) is 43.3 Å². The fourth-order valence-corrected chi connectivity index (χ4v) is 5.47. The molecule has 2 aliphatic rings. The zero-order chi connectivity index (χ0) is 24.4. The monoisotopic (exact) mass is 476 g/mol. The molecule has 35 heavy (non-hydrogen) atoms.